The molecule has 0 radical (unpaired) electrons. The van der Waals surface area contributed by atoms with Crippen LogP contribution in [0.15, 0.2) is 24.3 Å². The van der Waals surface area contributed by atoms with Gasteiger partial charge in [-0.2, -0.15) is 0 Å². The fourth-order valence-corrected chi connectivity index (χ4v) is 3.49. The zero-order valence-electron chi connectivity index (χ0n) is 16.5. The summed E-state index contributed by atoms with van der Waals surface area (Å²) in [5.41, 5.74) is 3.81. The summed E-state index contributed by atoms with van der Waals surface area (Å²) < 4.78 is 11.2. The average Bonchev–Trinajstić information content (AvgIpc) is 2.61. The Morgan fingerprint density at radius 2 is 1.93 bits per heavy atom. The number of nitrogens with zero attached hydrogens (tertiary/aromatic N) is 3. The summed E-state index contributed by atoms with van der Waals surface area (Å²) in [5.74, 6) is 0.959. The van der Waals surface area contributed by atoms with Gasteiger partial charge < -0.3 is 14.4 Å². The van der Waals surface area contributed by atoms with E-state index >= 15 is 0 Å². The maximum absolute atomic E-state index is 12.7. The lowest BCUT2D eigenvalue weighted by Crippen LogP contribution is -2.45. The average molecular weight is 369 g/mol. The highest BCUT2D eigenvalue weighted by molar-refractivity contribution is 5.79. The van der Waals surface area contributed by atoms with Gasteiger partial charge in [-0.1, -0.05) is 12.1 Å². The van der Waals surface area contributed by atoms with Crippen LogP contribution in [0.1, 0.15) is 35.4 Å². The standard InChI is InChI=1S/C21H27N3O3/c1-14-10-17(7-8-19(14)26-4)12-20(25)24-9-5-6-18(13-24)27-21-22-15(2)11-16(3)23-21/h7-8,10-11,18H,5-6,9,12-13H2,1-4H3. The third-order valence-corrected chi connectivity index (χ3v) is 4.78. The van der Waals surface area contributed by atoms with Crippen molar-refractivity contribution in [2.45, 2.75) is 46.1 Å². The van der Waals surface area contributed by atoms with Crippen LogP contribution in [-0.4, -0.2) is 47.1 Å². The monoisotopic (exact) mass is 369 g/mol. The molecule has 1 aromatic heterocycles. The van der Waals surface area contributed by atoms with Gasteiger partial charge in [0.15, 0.2) is 0 Å². The van der Waals surface area contributed by atoms with Crippen molar-refractivity contribution in [2.24, 2.45) is 0 Å². The summed E-state index contributed by atoms with van der Waals surface area (Å²) in [6.45, 7) is 7.18. The molecule has 1 aliphatic rings. The van der Waals surface area contributed by atoms with Gasteiger partial charge in [-0.05, 0) is 56.9 Å². The van der Waals surface area contributed by atoms with E-state index in [1.807, 2.05) is 49.9 Å². The molecule has 0 bridgehead atoms. The number of piperidine rings is 1. The molecular weight excluding hydrogens is 342 g/mol. The van der Waals surface area contributed by atoms with Crippen LogP contribution in [0.25, 0.3) is 0 Å². The molecule has 1 amide bonds. The summed E-state index contributed by atoms with van der Waals surface area (Å²) in [5, 5.41) is 0. The summed E-state index contributed by atoms with van der Waals surface area (Å²) >= 11 is 0. The van der Waals surface area contributed by atoms with Crippen LogP contribution in [0.2, 0.25) is 0 Å². The fourth-order valence-electron chi connectivity index (χ4n) is 3.49. The normalized spacial score (nSPS) is 16.9. The molecule has 2 heterocycles. The van der Waals surface area contributed by atoms with Gasteiger partial charge in [-0.25, -0.2) is 9.97 Å². The molecule has 3 rings (SSSR count). The van der Waals surface area contributed by atoms with Crippen molar-refractivity contribution in [3.05, 3.63) is 46.8 Å². The van der Waals surface area contributed by atoms with Gasteiger partial charge in [-0.15, -0.1) is 0 Å². The van der Waals surface area contributed by atoms with E-state index in [0.29, 0.717) is 19.0 Å². The minimum absolute atomic E-state index is 0.0681. The number of methoxy groups -OCH3 is 1. The molecule has 0 saturated carbocycles. The number of carbonyl (C=O) groups is 1. The second-order valence-corrected chi connectivity index (χ2v) is 7.14. The predicted octanol–water partition coefficient (Wildman–Crippen LogP) is 3.02. The van der Waals surface area contributed by atoms with Crippen molar-refractivity contribution in [1.82, 2.24) is 14.9 Å². The van der Waals surface area contributed by atoms with Crippen molar-refractivity contribution in [3.63, 3.8) is 0 Å². The smallest absolute Gasteiger partial charge is 0.317 e. The topological polar surface area (TPSA) is 64.5 Å². The number of hydrogen-bond donors (Lipinski definition) is 0. The van der Waals surface area contributed by atoms with Crippen LogP contribution in [0.4, 0.5) is 0 Å². The van der Waals surface area contributed by atoms with Crippen LogP contribution in [0.3, 0.4) is 0 Å². The zero-order valence-corrected chi connectivity index (χ0v) is 16.5. The number of amides is 1. The van der Waals surface area contributed by atoms with Crippen LogP contribution < -0.4 is 9.47 Å². The molecule has 2 aromatic rings. The Labute approximate surface area is 160 Å². The minimum Gasteiger partial charge on any atom is -0.496 e. The lowest BCUT2D eigenvalue weighted by atomic mass is 10.0. The first-order valence-corrected chi connectivity index (χ1v) is 9.35. The summed E-state index contributed by atoms with van der Waals surface area (Å²) in [4.78, 5) is 23.3. The molecule has 144 valence electrons. The van der Waals surface area contributed by atoms with E-state index in [2.05, 4.69) is 9.97 Å². The van der Waals surface area contributed by atoms with Gasteiger partial charge in [0.1, 0.15) is 11.9 Å². The third-order valence-electron chi connectivity index (χ3n) is 4.78. The highest BCUT2D eigenvalue weighted by atomic mass is 16.5. The van der Waals surface area contributed by atoms with E-state index < -0.39 is 0 Å². The molecule has 0 N–H and O–H groups in total. The Morgan fingerprint density at radius 1 is 1.19 bits per heavy atom. The lowest BCUT2D eigenvalue weighted by Gasteiger charge is -2.32. The Morgan fingerprint density at radius 3 is 2.59 bits per heavy atom. The van der Waals surface area contributed by atoms with Crippen molar-refractivity contribution >= 4 is 5.91 Å². The van der Waals surface area contributed by atoms with Crippen LogP contribution in [0, 0.1) is 20.8 Å². The van der Waals surface area contributed by atoms with Gasteiger partial charge in [0, 0.05) is 17.9 Å². The second kappa shape index (κ2) is 8.37. The van der Waals surface area contributed by atoms with E-state index in [9.17, 15) is 4.79 Å². The SMILES string of the molecule is COc1ccc(CC(=O)N2CCCC(Oc3nc(C)cc(C)n3)C2)cc1C. The van der Waals surface area contributed by atoms with Gasteiger partial charge >= 0.3 is 6.01 Å². The first-order chi connectivity index (χ1) is 12.9. The van der Waals surface area contributed by atoms with Crippen LogP contribution in [0.5, 0.6) is 11.8 Å². The van der Waals surface area contributed by atoms with Crippen molar-refractivity contribution in [1.29, 1.82) is 0 Å². The summed E-state index contributed by atoms with van der Waals surface area (Å²) in [6, 6.07) is 8.19. The molecule has 1 unspecified atom stereocenters. The third kappa shape index (κ3) is 4.96. The number of ether oxygens (including phenoxy) is 2. The number of benzene rings is 1. The Bertz CT molecular complexity index is 802. The quantitative estimate of drug-likeness (QED) is 0.811. The van der Waals surface area contributed by atoms with Crippen molar-refractivity contribution < 1.29 is 14.3 Å². The maximum atomic E-state index is 12.7. The summed E-state index contributed by atoms with van der Waals surface area (Å²) in [7, 11) is 1.65. The molecule has 6 nitrogen and oxygen atoms in total. The van der Waals surface area contributed by atoms with Crippen LogP contribution in [-0.2, 0) is 11.2 Å². The lowest BCUT2D eigenvalue weighted by molar-refractivity contribution is -0.133. The highest BCUT2D eigenvalue weighted by Gasteiger charge is 2.25. The minimum atomic E-state index is -0.0681. The molecular formula is C21H27N3O3. The number of likely N-dealkylation sites (tertiary alicyclic amines) is 1. The Balaban J connectivity index is 1.61. The van der Waals surface area contributed by atoms with E-state index in [4.69, 9.17) is 9.47 Å². The van der Waals surface area contributed by atoms with Gasteiger partial charge in [-0.3, -0.25) is 4.79 Å². The van der Waals surface area contributed by atoms with Crippen LogP contribution >= 0.6 is 0 Å². The molecule has 6 heteroatoms. The number of aryl methyl sites for hydroxylation is 3. The van der Waals surface area contributed by atoms with Gasteiger partial charge in [0.25, 0.3) is 0 Å². The first-order valence-electron chi connectivity index (χ1n) is 9.35. The van der Waals surface area contributed by atoms with Gasteiger partial charge in [0.05, 0.1) is 20.1 Å². The zero-order chi connectivity index (χ0) is 19.4. The number of aromatic nitrogens is 2. The molecule has 1 aromatic carbocycles. The van der Waals surface area contributed by atoms with E-state index in [1.165, 1.54) is 0 Å². The van der Waals surface area contributed by atoms with Gasteiger partial charge in [0.2, 0.25) is 5.91 Å². The van der Waals surface area contributed by atoms with Crippen molar-refractivity contribution in [2.75, 3.05) is 20.2 Å². The predicted molar refractivity (Wildman–Crippen MR) is 103 cm³/mol. The first kappa shape index (κ1) is 19.1. The fraction of sp³-hybridized carbons (Fsp3) is 0.476. The number of carbonyl (C=O) groups excluding carboxylic acids is 1. The Hall–Kier alpha value is -2.63. The molecule has 27 heavy (non-hydrogen) atoms. The highest BCUT2D eigenvalue weighted by Crippen LogP contribution is 2.21. The number of rotatable bonds is 5. The second-order valence-electron chi connectivity index (χ2n) is 7.14. The van der Waals surface area contributed by atoms with E-state index in [0.717, 1.165) is 47.7 Å². The van der Waals surface area contributed by atoms with Crippen molar-refractivity contribution in [3.8, 4) is 11.8 Å². The maximum Gasteiger partial charge on any atom is 0.317 e. The molecule has 1 fully saturated rings. The molecule has 0 aliphatic carbocycles. The summed E-state index contributed by atoms with van der Waals surface area (Å²) in [6.07, 6.45) is 2.14. The van der Waals surface area contributed by atoms with E-state index in [-0.39, 0.29) is 12.0 Å². The number of hydrogen-bond acceptors (Lipinski definition) is 5. The molecule has 0 spiro atoms. The molecule has 1 atom stereocenters. The Kier molecular flexibility index (Phi) is 5.94. The largest absolute Gasteiger partial charge is 0.496 e. The molecule has 1 saturated heterocycles. The molecule has 1 aliphatic heterocycles. The van der Waals surface area contributed by atoms with E-state index in [1.54, 1.807) is 7.11 Å².